The highest BCUT2D eigenvalue weighted by molar-refractivity contribution is 6.13. The average molecular weight is 381 g/mol. The fraction of sp³-hybridized carbons (Fsp3) is 0.296. The molecule has 1 aliphatic heterocycles. The molecule has 0 bridgehead atoms. The number of hydrogen-bond acceptors (Lipinski definition) is 2. The van der Waals surface area contributed by atoms with Crippen LogP contribution in [0.2, 0.25) is 0 Å². The monoisotopic (exact) mass is 380 g/mol. The molecule has 0 amide bonds. The Morgan fingerprint density at radius 2 is 1.41 bits per heavy atom. The van der Waals surface area contributed by atoms with Crippen molar-refractivity contribution in [2.75, 3.05) is 13.1 Å². The van der Waals surface area contributed by atoms with Gasteiger partial charge in [-0.05, 0) is 68.5 Å². The van der Waals surface area contributed by atoms with Crippen molar-refractivity contribution in [1.82, 2.24) is 4.90 Å². The molecule has 0 radical (unpaired) electrons. The van der Waals surface area contributed by atoms with E-state index in [0.717, 1.165) is 28.6 Å². The highest BCUT2D eigenvalue weighted by Gasteiger charge is 2.26. The number of benzene rings is 3. The molecule has 2 aliphatic rings. The molecule has 1 atom stereocenters. The number of fused-ring (bicyclic) bond motifs is 1. The van der Waals surface area contributed by atoms with Crippen LogP contribution in [-0.4, -0.2) is 29.7 Å². The summed E-state index contributed by atoms with van der Waals surface area (Å²) in [6.07, 6.45) is 6.40. The summed E-state index contributed by atoms with van der Waals surface area (Å²) in [6.45, 7) is 2.58. The van der Waals surface area contributed by atoms with E-state index < -0.39 is 0 Å². The Labute approximate surface area is 173 Å². The molecule has 0 aromatic heterocycles. The minimum Gasteiger partial charge on any atom is -0.300 e. The molecular formula is C27H28N2. The van der Waals surface area contributed by atoms with Crippen molar-refractivity contribution in [3.8, 4) is 0 Å². The summed E-state index contributed by atoms with van der Waals surface area (Å²) in [5.41, 5.74) is 7.43. The molecular weight excluding hydrogens is 352 g/mol. The van der Waals surface area contributed by atoms with Crippen molar-refractivity contribution in [2.24, 2.45) is 4.99 Å². The Hall–Kier alpha value is -2.71. The van der Waals surface area contributed by atoms with E-state index in [2.05, 4.69) is 83.8 Å². The van der Waals surface area contributed by atoms with E-state index in [-0.39, 0.29) is 0 Å². The number of aryl methyl sites for hydroxylation is 1. The topological polar surface area (TPSA) is 15.6 Å². The Bertz CT molecular complexity index is 944. The molecule has 3 aromatic rings. The lowest BCUT2D eigenvalue weighted by Gasteiger charge is -2.32. The molecule has 29 heavy (non-hydrogen) atoms. The number of aliphatic imine (C=N–C) groups is 1. The summed E-state index contributed by atoms with van der Waals surface area (Å²) in [7, 11) is 0. The smallest absolute Gasteiger partial charge is 0.0781 e. The second-order valence-electron chi connectivity index (χ2n) is 8.29. The third kappa shape index (κ3) is 4.04. The van der Waals surface area contributed by atoms with Gasteiger partial charge in [-0.2, -0.15) is 0 Å². The average Bonchev–Trinajstić information content (AvgIpc) is 3.33. The first-order valence-electron chi connectivity index (χ1n) is 10.9. The SMILES string of the molecule is c1ccc(C(=Nc2ccc3c(c2)CCC(N2CCCC2)C3)c2ccccc2)cc1. The zero-order chi connectivity index (χ0) is 19.5. The number of likely N-dealkylation sites (tertiary alicyclic amines) is 1. The van der Waals surface area contributed by atoms with E-state index in [1.54, 1.807) is 0 Å². The minimum absolute atomic E-state index is 0.739. The Morgan fingerprint density at radius 3 is 2.07 bits per heavy atom. The quantitative estimate of drug-likeness (QED) is 0.522. The number of hydrogen-bond donors (Lipinski definition) is 0. The molecule has 146 valence electrons. The summed E-state index contributed by atoms with van der Waals surface area (Å²) >= 11 is 0. The summed E-state index contributed by atoms with van der Waals surface area (Å²) in [6, 6.07) is 28.6. The largest absolute Gasteiger partial charge is 0.300 e. The van der Waals surface area contributed by atoms with Gasteiger partial charge >= 0.3 is 0 Å². The van der Waals surface area contributed by atoms with Gasteiger partial charge in [0.2, 0.25) is 0 Å². The van der Waals surface area contributed by atoms with Gasteiger partial charge in [-0.3, -0.25) is 0 Å². The number of nitrogens with zero attached hydrogens (tertiary/aromatic N) is 2. The molecule has 0 N–H and O–H groups in total. The maximum atomic E-state index is 5.11. The third-order valence-corrected chi connectivity index (χ3v) is 6.38. The van der Waals surface area contributed by atoms with Crippen LogP contribution in [0.25, 0.3) is 0 Å². The molecule has 1 heterocycles. The lowest BCUT2D eigenvalue weighted by atomic mass is 9.87. The molecule has 0 saturated carbocycles. The third-order valence-electron chi connectivity index (χ3n) is 6.38. The molecule has 2 heteroatoms. The van der Waals surface area contributed by atoms with Crippen molar-refractivity contribution in [3.05, 3.63) is 101 Å². The predicted octanol–water partition coefficient (Wildman–Crippen LogP) is 5.81. The van der Waals surface area contributed by atoms with Gasteiger partial charge in [0.05, 0.1) is 11.4 Å². The van der Waals surface area contributed by atoms with Crippen LogP contribution in [-0.2, 0) is 12.8 Å². The van der Waals surface area contributed by atoms with Gasteiger partial charge in [0.25, 0.3) is 0 Å². The van der Waals surface area contributed by atoms with Crippen molar-refractivity contribution in [1.29, 1.82) is 0 Å². The Kier molecular flexibility index (Phi) is 5.27. The van der Waals surface area contributed by atoms with E-state index in [1.165, 1.54) is 56.3 Å². The van der Waals surface area contributed by atoms with Crippen LogP contribution in [0.4, 0.5) is 5.69 Å². The molecule has 1 fully saturated rings. The summed E-state index contributed by atoms with van der Waals surface area (Å²) in [5, 5.41) is 0. The molecule has 1 unspecified atom stereocenters. The van der Waals surface area contributed by atoms with Crippen LogP contribution in [0.1, 0.15) is 41.5 Å². The Balaban J connectivity index is 1.46. The van der Waals surface area contributed by atoms with Crippen LogP contribution < -0.4 is 0 Å². The van der Waals surface area contributed by atoms with Crippen LogP contribution in [0, 0.1) is 0 Å². The van der Waals surface area contributed by atoms with E-state index in [9.17, 15) is 0 Å². The molecule has 3 aromatic carbocycles. The molecule has 0 spiro atoms. The molecule has 1 aliphatic carbocycles. The van der Waals surface area contributed by atoms with Crippen molar-refractivity contribution in [3.63, 3.8) is 0 Å². The lowest BCUT2D eigenvalue weighted by Crippen LogP contribution is -2.37. The standard InChI is InChI=1S/C27H28N2/c1-3-9-21(10-4-1)27(22-11-5-2-6-12-22)28-25-15-13-24-20-26(16-14-23(24)19-25)29-17-7-8-18-29/h1-6,9-13,15,19,26H,7-8,14,16-18,20H2. The summed E-state index contributed by atoms with van der Waals surface area (Å²) in [4.78, 5) is 7.82. The lowest BCUT2D eigenvalue weighted by molar-refractivity contribution is 0.222. The fourth-order valence-electron chi connectivity index (χ4n) is 4.83. The van der Waals surface area contributed by atoms with Gasteiger partial charge in [0.1, 0.15) is 0 Å². The van der Waals surface area contributed by atoms with Gasteiger partial charge < -0.3 is 4.90 Å². The highest BCUT2D eigenvalue weighted by Crippen LogP contribution is 2.30. The van der Waals surface area contributed by atoms with Crippen molar-refractivity contribution in [2.45, 2.75) is 38.1 Å². The zero-order valence-corrected chi connectivity index (χ0v) is 16.9. The van der Waals surface area contributed by atoms with E-state index >= 15 is 0 Å². The second kappa shape index (κ2) is 8.34. The van der Waals surface area contributed by atoms with Gasteiger partial charge in [-0.15, -0.1) is 0 Å². The molecule has 2 nitrogen and oxygen atoms in total. The normalized spacial score (nSPS) is 19.0. The first-order chi connectivity index (χ1) is 14.4. The van der Waals surface area contributed by atoms with Crippen LogP contribution in [0.15, 0.2) is 83.9 Å². The van der Waals surface area contributed by atoms with Crippen LogP contribution >= 0.6 is 0 Å². The first-order valence-corrected chi connectivity index (χ1v) is 10.9. The van der Waals surface area contributed by atoms with Gasteiger partial charge in [-0.1, -0.05) is 66.7 Å². The van der Waals surface area contributed by atoms with Crippen molar-refractivity contribution < 1.29 is 0 Å². The predicted molar refractivity (Wildman–Crippen MR) is 121 cm³/mol. The molecule has 5 rings (SSSR count). The summed E-state index contributed by atoms with van der Waals surface area (Å²) in [5.74, 6) is 0. The minimum atomic E-state index is 0.739. The maximum Gasteiger partial charge on any atom is 0.0781 e. The fourth-order valence-corrected chi connectivity index (χ4v) is 4.83. The Morgan fingerprint density at radius 1 is 0.759 bits per heavy atom. The van der Waals surface area contributed by atoms with Gasteiger partial charge in [0, 0.05) is 17.2 Å². The van der Waals surface area contributed by atoms with Gasteiger partial charge in [0.15, 0.2) is 0 Å². The van der Waals surface area contributed by atoms with Gasteiger partial charge in [-0.25, -0.2) is 4.99 Å². The van der Waals surface area contributed by atoms with E-state index in [1.807, 2.05) is 0 Å². The molecule has 1 saturated heterocycles. The highest BCUT2D eigenvalue weighted by atomic mass is 15.2. The van der Waals surface area contributed by atoms with Crippen LogP contribution in [0.5, 0.6) is 0 Å². The van der Waals surface area contributed by atoms with Crippen LogP contribution in [0.3, 0.4) is 0 Å². The van der Waals surface area contributed by atoms with E-state index in [0.29, 0.717) is 0 Å². The van der Waals surface area contributed by atoms with Crippen molar-refractivity contribution >= 4 is 11.4 Å². The summed E-state index contributed by atoms with van der Waals surface area (Å²) < 4.78 is 0. The second-order valence-corrected chi connectivity index (χ2v) is 8.29. The number of rotatable bonds is 4. The van der Waals surface area contributed by atoms with E-state index in [4.69, 9.17) is 4.99 Å². The first kappa shape index (κ1) is 18.3. The maximum absolute atomic E-state index is 5.11. The zero-order valence-electron chi connectivity index (χ0n) is 16.9.